The Labute approximate surface area is 220 Å². The first-order chi connectivity index (χ1) is 18.0. The summed E-state index contributed by atoms with van der Waals surface area (Å²) in [6, 6.07) is 9.57. The van der Waals surface area contributed by atoms with Crippen LogP contribution in [0.5, 0.6) is 0 Å². The van der Waals surface area contributed by atoms with Crippen LogP contribution in [0.15, 0.2) is 53.2 Å². The second kappa shape index (κ2) is 9.58. The number of hydrazone groups is 1. The zero-order chi connectivity index (χ0) is 25.5. The van der Waals surface area contributed by atoms with Gasteiger partial charge in [0.15, 0.2) is 5.82 Å². The van der Waals surface area contributed by atoms with E-state index in [1.165, 1.54) is 5.38 Å². The van der Waals surface area contributed by atoms with Crippen LogP contribution in [0.4, 0.5) is 10.1 Å². The number of carboxylic acid groups (broad SMARTS) is 1. The first-order valence-electron chi connectivity index (χ1n) is 11.6. The number of hydrogen-bond donors (Lipinski definition) is 4. The largest absolute Gasteiger partial charge is 0.477 e. The monoisotopic (exact) mass is 537 g/mol. The van der Waals surface area contributed by atoms with E-state index in [0.717, 1.165) is 53.1 Å². The van der Waals surface area contributed by atoms with Gasteiger partial charge in [0.05, 0.1) is 29.2 Å². The maximum absolute atomic E-state index is 14.6. The highest BCUT2D eigenvalue weighted by Crippen LogP contribution is 2.41. The summed E-state index contributed by atoms with van der Waals surface area (Å²) in [6.45, 7) is 0. The van der Waals surface area contributed by atoms with Gasteiger partial charge in [0.2, 0.25) is 0 Å². The Kier molecular flexibility index (Phi) is 6.11. The number of pyridine rings is 1. The molecule has 0 bridgehead atoms. The van der Waals surface area contributed by atoms with Crippen molar-refractivity contribution in [1.29, 1.82) is 0 Å². The fraction of sp³-hybridized carbons (Fsp3) is 0.200. The lowest BCUT2D eigenvalue weighted by molar-refractivity contribution is 0.0698. The average Bonchev–Trinajstić information content (AvgIpc) is 3.27. The molecule has 6 rings (SSSR count). The zero-order valence-electron chi connectivity index (χ0n) is 19.3. The number of aromatic carboxylic acids is 1. The first-order valence-corrected chi connectivity index (χ1v) is 12.9. The van der Waals surface area contributed by atoms with Crippen LogP contribution in [0.2, 0.25) is 5.02 Å². The predicted molar refractivity (Wildman–Crippen MR) is 140 cm³/mol. The first kappa shape index (κ1) is 23.6. The summed E-state index contributed by atoms with van der Waals surface area (Å²) in [5.41, 5.74) is 9.75. The molecule has 188 valence electrons. The molecule has 2 aliphatic rings. The standard InChI is InChI=1S/C25H21ClFN7O2S/c26-15-4-6-21(34-12-30-32-33-34)16(8-15)14-3-5-19(28-9-14)17(7-13-1-2-13)24-29-10-20(31-24)18-11-37-23(22(18)27)25(35)36/h3-6,8-13,17,32-33H,1-2,7H2,(H,29,31)(H,35,36)/t17-/m0/s1. The van der Waals surface area contributed by atoms with Gasteiger partial charge in [-0.3, -0.25) is 4.98 Å². The summed E-state index contributed by atoms with van der Waals surface area (Å²) in [7, 11) is 0. The Hall–Kier alpha value is -3.80. The number of hydrogen-bond acceptors (Lipinski definition) is 8. The predicted octanol–water partition coefficient (Wildman–Crippen LogP) is 5.40. The molecule has 1 aliphatic carbocycles. The van der Waals surface area contributed by atoms with Gasteiger partial charge in [0, 0.05) is 33.3 Å². The van der Waals surface area contributed by atoms with E-state index >= 15 is 0 Å². The second-order valence-electron chi connectivity index (χ2n) is 8.98. The summed E-state index contributed by atoms with van der Waals surface area (Å²) >= 11 is 7.16. The van der Waals surface area contributed by atoms with E-state index in [9.17, 15) is 14.3 Å². The Bertz CT molecular complexity index is 1500. The summed E-state index contributed by atoms with van der Waals surface area (Å²) in [4.78, 5) is 23.5. The summed E-state index contributed by atoms with van der Waals surface area (Å²) in [6.07, 6.45) is 8.18. The van der Waals surface area contributed by atoms with Crippen molar-refractivity contribution < 1.29 is 14.3 Å². The Morgan fingerprint density at radius 1 is 1.22 bits per heavy atom. The number of H-pyrrole nitrogens is 1. The Morgan fingerprint density at radius 2 is 2.08 bits per heavy atom. The van der Waals surface area contributed by atoms with Crippen molar-refractivity contribution in [3.63, 3.8) is 0 Å². The number of nitrogens with zero attached hydrogens (tertiary/aromatic N) is 4. The van der Waals surface area contributed by atoms with Gasteiger partial charge in [-0.15, -0.1) is 16.9 Å². The number of rotatable bonds is 8. The van der Waals surface area contributed by atoms with E-state index in [-0.39, 0.29) is 16.4 Å². The number of imidazole rings is 1. The van der Waals surface area contributed by atoms with Crippen molar-refractivity contribution in [2.75, 3.05) is 5.01 Å². The van der Waals surface area contributed by atoms with Crippen LogP contribution in [-0.2, 0) is 0 Å². The van der Waals surface area contributed by atoms with Crippen LogP contribution >= 0.6 is 22.9 Å². The smallest absolute Gasteiger partial charge is 0.348 e. The molecule has 0 saturated heterocycles. The lowest BCUT2D eigenvalue weighted by atomic mass is 9.95. The molecule has 12 heteroatoms. The van der Waals surface area contributed by atoms with Gasteiger partial charge in [-0.25, -0.2) is 24.7 Å². The molecule has 0 unspecified atom stereocenters. The minimum Gasteiger partial charge on any atom is -0.477 e. The van der Waals surface area contributed by atoms with Crippen molar-refractivity contribution in [2.45, 2.75) is 25.2 Å². The van der Waals surface area contributed by atoms with Crippen LogP contribution in [-0.4, -0.2) is 32.4 Å². The maximum atomic E-state index is 14.6. The van der Waals surface area contributed by atoms with Gasteiger partial charge in [0.25, 0.3) is 0 Å². The number of thiophene rings is 1. The van der Waals surface area contributed by atoms with Crippen LogP contribution in [0.3, 0.4) is 0 Å². The molecule has 9 nitrogen and oxygen atoms in total. The van der Waals surface area contributed by atoms with Crippen LogP contribution in [0.1, 0.15) is 46.4 Å². The number of nitrogens with one attached hydrogen (secondary N) is 3. The van der Waals surface area contributed by atoms with Crippen molar-refractivity contribution in [3.05, 3.63) is 75.3 Å². The van der Waals surface area contributed by atoms with Crippen molar-refractivity contribution in [1.82, 2.24) is 26.0 Å². The molecule has 0 radical (unpaired) electrons. The minimum absolute atomic E-state index is 0.105. The van der Waals surface area contributed by atoms with Crippen molar-refractivity contribution >= 4 is 40.9 Å². The molecule has 0 spiro atoms. The number of halogens is 2. The number of aromatic nitrogens is 3. The topological polar surface area (TPSA) is 119 Å². The van der Waals surface area contributed by atoms with E-state index in [1.807, 2.05) is 36.5 Å². The normalized spacial score (nSPS) is 15.7. The van der Waals surface area contributed by atoms with Gasteiger partial charge in [0.1, 0.15) is 17.0 Å². The number of aromatic amines is 1. The van der Waals surface area contributed by atoms with E-state index in [4.69, 9.17) is 16.6 Å². The second-order valence-corrected chi connectivity index (χ2v) is 10.3. The highest BCUT2D eigenvalue weighted by molar-refractivity contribution is 7.12. The van der Waals surface area contributed by atoms with E-state index in [1.54, 1.807) is 17.5 Å². The Balaban J connectivity index is 1.32. The summed E-state index contributed by atoms with van der Waals surface area (Å²) < 4.78 is 14.6. The molecule has 4 N–H and O–H groups in total. The maximum Gasteiger partial charge on any atom is 0.348 e. The number of carbonyl (C=O) groups is 1. The lowest BCUT2D eigenvalue weighted by Crippen LogP contribution is -2.37. The highest BCUT2D eigenvalue weighted by atomic mass is 35.5. The Morgan fingerprint density at radius 3 is 2.76 bits per heavy atom. The molecule has 37 heavy (non-hydrogen) atoms. The average molecular weight is 538 g/mol. The third-order valence-corrected chi connectivity index (χ3v) is 7.67. The molecule has 1 atom stereocenters. The van der Waals surface area contributed by atoms with Gasteiger partial charge in [-0.05, 0) is 36.6 Å². The zero-order valence-corrected chi connectivity index (χ0v) is 20.9. The van der Waals surface area contributed by atoms with Crippen molar-refractivity contribution in [2.24, 2.45) is 11.0 Å². The summed E-state index contributed by atoms with van der Waals surface area (Å²) in [5.74, 6) is -0.873. The third-order valence-electron chi connectivity index (χ3n) is 6.49. The number of carboxylic acids is 1. The molecule has 4 heterocycles. The van der Waals surface area contributed by atoms with E-state index < -0.39 is 11.8 Å². The molecule has 1 aliphatic heterocycles. The van der Waals surface area contributed by atoms with Crippen molar-refractivity contribution in [3.8, 4) is 22.4 Å². The van der Waals surface area contributed by atoms with E-state index in [0.29, 0.717) is 22.5 Å². The molecule has 1 saturated carbocycles. The fourth-order valence-corrected chi connectivity index (χ4v) is 5.37. The number of benzene rings is 1. The summed E-state index contributed by atoms with van der Waals surface area (Å²) in [5, 5.41) is 17.0. The minimum atomic E-state index is -1.28. The van der Waals surface area contributed by atoms with Crippen LogP contribution < -0.4 is 16.1 Å². The molecule has 3 aromatic heterocycles. The van der Waals surface area contributed by atoms with Gasteiger partial charge < -0.3 is 10.1 Å². The van der Waals surface area contributed by atoms with Crippen LogP contribution in [0, 0.1) is 11.7 Å². The quantitative estimate of drug-likeness (QED) is 0.238. The molecule has 4 aromatic rings. The highest BCUT2D eigenvalue weighted by Gasteiger charge is 2.30. The van der Waals surface area contributed by atoms with Gasteiger partial charge in [-0.2, -0.15) is 5.10 Å². The molecule has 0 amide bonds. The van der Waals surface area contributed by atoms with Gasteiger partial charge in [-0.1, -0.05) is 30.5 Å². The molecular formula is C25H21ClFN7O2S. The molecular weight excluding hydrogens is 517 g/mol. The van der Waals surface area contributed by atoms with Crippen LogP contribution in [0.25, 0.3) is 22.4 Å². The third kappa shape index (κ3) is 4.68. The molecule has 1 aromatic carbocycles. The molecule has 1 fully saturated rings. The lowest BCUT2D eigenvalue weighted by Gasteiger charge is -2.19. The SMILES string of the molecule is O=C(O)c1scc(-c2cnc([C@@H](CC3CC3)c3ccc(-c4cc(Cl)ccc4N4C=NNN4)cn3)[nH]2)c1F. The fourth-order valence-electron chi connectivity index (χ4n) is 4.42. The van der Waals surface area contributed by atoms with Gasteiger partial charge >= 0.3 is 5.97 Å². The number of hydrazine groups is 2. The van der Waals surface area contributed by atoms with E-state index in [2.05, 4.69) is 26.1 Å². The number of anilines is 1.